The number of ether oxygens (including phenoxy) is 1. The summed E-state index contributed by atoms with van der Waals surface area (Å²) in [6, 6.07) is 16.6. The van der Waals surface area contributed by atoms with E-state index in [9.17, 15) is 0 Å². The third kappa shape index (κ3) is 3.24. The molecule has 84 valence electrons. The fourth-order valence-corrected chi connectivity index (χ4v) is 1.50. The first-order valence-corrected chi connectivity index (χ1v) is 5.53. The van der Waals surface area contributed by atoms with Crippen molar-refractivity contribution in [2.75, 3.05) is 0 Å². The van der Waals surface area contributed by atoms with Crippen molar-refractivity contribution in [1.29, 1.82) is 5.26 Å². The minimum atomic E-state index is 0.480. The molecule has 2 nitrogen and oxygen atoms in total. The number of nitriles is 1. The van der Waals surface area contributed by atoms with Crippen molar-refractivity contribution in [3.05, 3.63) is 64.7 Å². The van der Waals surface area contributed by atoms with Gasteiger partial charge in [-0.2, -0.15) is 5.26 Å². The molecule has 0 radical (unpaired) electrons. The van der Waals surface area contributed by atoms with Crippen LogP contribution in [-0.2, 0) is 6.61 Å². The average molecular weight is 244 g/mol. The minimum Gasteiger partial charge on any atom is -0.489 e. The van der Waals surface area contributed by atoms with Gasteiger partial charge in [0.2, 0.25) is 0 Å². The Kier molecular flexibility index (Phi) is 3.64. The van der Waals surface area contributed by atoms with E-state index in [0.29, 0.717) is 17.2 Å². The Balaban J connectivity index is 1.98. The lowest BCUT2D eigenvalue weighted by molar-refractivity contribution is 0.306. The standard InChI is InChI=1S/C14H10ClNO/c15-13-5-7-14(8-6-13)17-10-12-3-1-11(9-16)2-4-12/h1-8H,10H2. The van der Waals surface area contributed by atoms with Crippen LogP contribution < -0.4 is 4.74 Å². The lowest BCUT2D eigenvalue weighted by Gasteiger charge is -2.06. The van der Waals surface area contributed by atoms with E-state index < -0.39 is 0 Å². The molecule has 0 atom stereocenters. The summed E-state index contributed by atoms with van der Waals surface area (Å²) in [5.41, 5.74) is 1.68. The van der Waals surface area contributed by atoms with E-state index in [1.54, 1.807) is 24.3 Å². The Hall–Kier alpha value is -1.98. The zero-order chi connectivity index (χ0) is 12.1. The topological polar surface area (TPSA) is 33.0 Å². The molecule has 2 rings (SSSR count). The number of hydrogen-bond donors (Lipinski definition) is 0. The maximum absolute atomic E-state index is 8.67. The van der Waals surface area contributed by atoms with E-state index in [-0.39, 0.29) is 0 Å². The molecule has 2 aromatic carbocycles. The molecule has 2 aromatic rings. The van der Waals surface area contributed by atoms with Crippen molar-refractivity contribution < 1.29 is 4.74 Å². The second kappa shape index (κ2) is 5.38. The largest absolute Gasteiger partial charge is 0.489 e. The Morgan fingerprint density at radius 2 is 1.65 bits per heavy atom. The van der Waals surface area contributed by atoms with Crippen molar-refractivity contribution in [3.8, 4) is 11.8 Å². The summed E-state index contributed by atoms with van der Waals surface area (Å²) in [6.07, 6.45) is 0. The van der Waals surface area contributed by atoms with Gasteiger partial charge in [0.15, 0.2) is 0 Å². The van der Waals surface area contributed by atoms with Gasteiger partial charge in [-0.3, -0.25) is 0 Å². The van der Waals surface area contributed by atoms with Gasteiger partial charge in [-0.15, -0.1) is 0 Å². The van der Waals surface area contributed by atoms with Crippen LogP contribution in [0.5, 0.6) is 5.75 Å². The fourth-order valence-electron chi connectivity index (χ4n) is 1.37. The van der Waals surface area contributed by atoms with Crippen molar-refractivity contribution in [2.24, 2.45) is 0 Å². The van der Waals surface area contributed by atoms with E-state index >= 15 is 0 Å². The summed E-state index contributed by atoms with van der Waals surface area (Å²) >= 11 is 5.78. The van der Waals surface area contributed by atoms with Crippen LogP contribution in [0.2, 0.25) is 5.02 Å². The maximum Gasteiger partial charge on any atom is 0.119 e. The predicted molar refractivity (Wildman–Crippen MR) is 66.9 cm³/mol. The Morgan fingerprint density at radius 3 is 2.24 bits per heavy atom. The van der Waals surface area contributed by atoms with Crippen LogP contribution in [0.3, 0.4) is 0 Å². The van der Waals surface area contributed by atoms with Gasteiger partial charge in [-0.05, 0) is 42.0 Å². The van der Waals surface area contributed by atoms with E-state index in [4.69, 9.17) is 21.6 Å². The summed E-state index contributed by atoms with van der Waals surface area (Å²) in [5.74, 6) is 0.777. The molecule has 0 N–H and O–H groups in total. The lowest BCUT2D eigenvalue weighted by Crippen LogP contribution is -1.94. The molecular weight excluding hydrogens is 234 g/mol. The van der Waals surface area contributed by atoms with Gasteiger partial charge in [0, 0.05) is 5.02 Å². The summed E-state index contributed by atoms with van der Waals surface area (Å²) in [6.45, 7) is 0.480. The Labute approximate surface area is 105 Å². The number of halogens is 1. The molecule has 0 bridgehead atoms. The smallest absolute Gasteiger partial charge is 0.119 e. The average Bonchev–Trinajstić information content (AvgIpc) is 2.39. The first-order chi connectivity index (χ1) is 8.28. The summed E-state index contributed by atoms with van der Waals surface area (Å²) < 4.78 is 5.58. The molecule has 0 saturated carbocycles. The van der Waals surface area contributed by atoms with Crippen LogP contribution in [0.15, 0.2) is 48.5 Å². The molecular formula is C14H10ClNO. The zero-order valence-corrected chi connectivity index (χ0v) is 9.82. The molecule has 0 aliphatic heterocycles. The number of nitrogens with zero attached hydrogens (tertiary/aromatic N) is 1. The van der Waals surface area contributed by atoms with Gasteiger partial charge < -0.3 is 4.74 Å². The fraction of sp³-hybridized carbons (Fsp3) is 0.0714. The molecule has 0 aromatic heterocycles. The lowest BCUT2D eigenvalue weighted by atomic mass is 10.2. The van der Waals surface area contributed by atoms with Gasteiger partial charge in [0.05, 0.1) is 11.6 Å². The Morgan fingerprint density at radius 1 is 1.00 bits per heavy atom. The zero-order valence-electron chi connectivity index (χ0n) is 9.06. The number of rotatable bonds is 3. The van der Waals surface area contributed by atoms with Crippen molar-refractivity contribution in [1.82, 2.24) is 0 Å². The quantitative estimate of drug-likeness (QED) is 0.822. The second-order valence-corrected chi connectivity index (χ2v) is 3.99. The minimum absolute atomic E-state index is 0.480. The van der Waals surface area contributed by atoms with Crippen molar-refractivity contribution in [3.63, 3.8) is 0 Å². The summed E-state index contributed by atoms with van der Waals surface area (Å²) in [5, 5.41) is 9.36. The maximum atomic E-state index is 8.67. The molecule has 3 heteroatoms. The highest BCUT2D eigenvalue weighted by Gasteiger charge is 1.96. The number of hydrogen-bond acceptors (Lipinski definition) is 2. The first kappa shape index (κ1) is 11.5. The van der Waals surface area contributed by atoms with Gasteiger partial charge in [0.25, 0.3) is 0 Å². The van der Waals surface area contributed by atoms with E-state index in [0.717, 1.165) is 11.3 Å². The molecule has 0 aliphatic rings. The number of benzene rings is 2. The van der Waals surface area contributed by atoms with Crippen LogP contribution >= 0.6 is 11.6 Å². The van der Waals surface area contributed by atoms with Crippen molar-refractivity contribution >= 4 is 11.6 Å². The summed E-state index contributed by atoms with van der Waals surface area (Å²) in [4.78, 5) is 0. The van der Waals surface area contributed by atoms with Gasteiger partial charge in [-0.1, -0.05) is 23.7 Å². The SMILES string of the molecule is N#Cc1ccc(COc2ccc(Cl)cc2)cc1. The predicted octanol–water partition coefficient (Wildman–Crippen LogP) is 3.79. The van der Waals surface area contributed by atoms with E-state index in [1.807, 2.05) is 24.3 Å². The monoisotopic (exact) mass is 243 g/mol. The third-order valence-electron chi connectivity index (χ3n) is 2.30. The van der Waals surface area contributed by atoms with Gasteiger partial charge in [0.1, 0.15) is 12.4 Å². The molecule has 0 amide bonds. The molecule has 0 unspecified atom stereocenters. The van der Waals surface area contributed by atoms with Crippen LogP contribution in [-0.4, -0.2) is 0 Å². The van der Waals surface area contributed by atoms with Gasteiger partial charge in [-0.25, -0.2) is 0 Å². The molecule has 17 heavy (non-hydrogen) atoms. The van der Waals surface area contributed by atoms with Crippen LogP contribution in [0, 0.1) is 11.3 Å². The summed E-state index contributed by atoms with van der Waals surface area (Å²) in [7, 11) is 0. The molecule has 0 aliphatic carbocycles. The van der Waals surface area contributed by atoms with E-state index in [2.05, 4.69) is 6.07 Å². The second-order valence-electron chi connectivity index (χ2n) is 3.55. The highest BCUT2D eigenvalue weighted by molar-refractivity contribution is 6.30. The van der Waals surface area contributed by atoms with Crippen LogP contribution in [0.4, 0.5) is 0 Å². The van der Waals surface area contributed by atoms with Crippen LogP contribution in [0.25, 0.3) is 0 Å². The normalized spacial score (nSPS) is 9.65. The first-order valence-electron chi connectivity index (χ1n) is 5.15. The van der Waals surface area contributed by atoms with Crippen LogP contribution in [0.1, 0.15) is 11.1 Å². The van der Waals surface area contributed by atoms with E-state index in [1.165, 1.54) is 0 Å². The third-order valence-corrected chi connectivity index (χ3v) is 2.55. The highest BCUT2D eigenvalue weighted by atomic mass is 35.5. The molecule has 0 fully saturated rings. The molecule has 0 spiro atoms. The molecule has 0 saturated heterocycles. The van der Waals surface area contributed by atoms with Crippen molar-refractivity contribution in [2.45, 2.75) is 6.61 Å². The highest BCUT2D eigenvalue weighted by Crippen LogP contribution is 2.17. The van der Waals surface area contributed by atoms with Gasteiger partial charge >= 0.3 is 0 Å². The molecule has 0 heterocycles. The Bertz CT molecular complexity index is 526.